The minimum absolute atomic E-state index is 0.163. The molecule has 0 aliphatic heterocycles. The van der Waals surface area contributed by atoms with Gasteiger partial charge in [0.2, 0.25) is 0 Å². The fourth-order valence-corrected chi connectivity index (χ4v) is 1.44. The van der Waals surface area contributed by atoms with Gasteiger partial charge in [0, 0.05) is 11.6 Å². The van der Waals surface area contributed by atoms with Gasteiger partial charge in [-0.2, -0.15) is 0 Å². The molecule has 0 heterocycles. The molecule has 1 atom stereocenters. The summed E-state index contributed by atoms with van der Waals surface area (Å²) in [6.45, 7) is 2.88. The Morgan fingerprint density at radius 3 is 2.53 bits per heavy atom. The molecule has 7 heteroatoms. The normalized spacial score (nSPS) is 11.7. The number of nitrogens with zero attached hydrogens (tertiary/aromatic N) is 1. The molecular formula is C12H13NO6. The largest absolute Gasteiger partial charge is 0.479 e. The van der Waals surface area contributed by atoms with Crippen molar-refractivity contribution in [2.75, 3.05) is 0 Å². The van der Waals surface area contributed by atoms with Gasteiger partial charge < -0.3 is 9.84 Å². The summed E-state index contributed by atoms with van der Waals surface area (Å²) in [4.78, 5) is 32.2. The second-order valence-corrected chi connectivity index (χ2v) is 3.85. The Hall–Kier alpha value is -2.44. The van der Waals surface area contributed by atoms with Crippen LogP contribution in [0.3, 0.4) is 0 Å². The summed E-state index contributed by atoms with van der Waals surface area (Å²) in [5.74, 6) is -1.68. The fourth-order valence-electron chi connectivity index (χ4n) is 1.44. The first kappa shape index (κ1) is 14.6. The molecule has 0 aliphatic rings. The lowest BCUT2D eigenvalue weighted by Crippen LogP contribution is -2.26. The lowest BCUT2D eigenvalue weighted by Gasteiger charge is -2.13. The molecule has 1 rings (SSSR count). The van der Waals surface area contributed by atoms with Gasteiger partial charge >= 0.3 is 11.7 Å². The van der Waals surface area contributed by atoms with Gasteiger partial charge in [-0.05, 0) is 25.5 Å². The third-order valence-corrected chi connectivity index (χ3v) is 2.48. The molecule has 0 aromatic heterocycles. The summed E-state index contributed by atoms with van der Waals surface area (Å²) in [7, 11) is 0. The standard InChI is InChI=1S/C12H13NO6/c1-3-10(12(15)16)19-11-5-4-8(7(2)14)6-9(11)13(17)18/h4-6,10H,3H2,1-2H3,(H,15,16). The zero-order chi connectivity index (χ0) is 14.6. The maximum atomic E-state index is 11.2. The van der Waals surface area contributed by atoms with E-state index in [1.165, 1.54) is 19.1 Å². The lowest BCUT2D eigenvalue weighted by atomic mass is 10.1. The van der Waals surface area contributed by atoms with Crippen molar-refractivity contribution in [1.82, 2.24) is 0 Å². The second-order valence-electron chi connectivity index (χ2n) is 3.85. The molecule has 1 unspecified atom stereocenters. The Bertz CT molecular complexity index is 525. The number of carboxylic acids is 1. The van der Waals surface area contributed by atoms with E-state index in [1.807, 2.05) is 0 Å². The van der Waals surface area contributed by atoms with Gasteiger partial charge in [0.1, 0.15) is 0 Å². The number of nitro groups is 1. The van der Waals surface area contributed by atoms with Gasteiger partial charge in [0.05, 0.1) is 4.92 Å². The van der Waals surface area contributed by atoms with E-state index < -0.39 is 22.7 Å². The monoisotopic (exact) mass is 267 g/mol. The highest BCUT2D eigenvalue weighted by atomic mass is 16.6. The molecule has 19 heavy (non-hydrogen) atoms. The number of carbonyl (C=O) groups excluding carboxylic acids is 1. The molecule has 0 radical (unpaired) electrons. The maximum Gasteiger partial charge on any atom is 0.344 e. The zero-order valence-corrected chi connectivity index (χ0v) is 10.5. The van der Waals surface area contributed by atoms with Crippen LogP contribution in [0.15, 0.2) is 18.2 Å². The number of rotatable bonds is 6. The summed E-state index contributed by atoms with van der Waals surface area (Å²) in [6.07, 6.45) is -0.997. The number of carboxylic acid groups (broad SMARTS) is 1. The summed E-state index contributed by atoms with van der Waals surface area (Å²) < 4.78 is 5.10. The molecule has 0 saturated heterocycles. The molecular weight excluding hydrogens is 254 g/mol. The highest BCUT2D eigenvalue weighted by Crippen LogP contribution is 2.29. The van der Waals surface area contributed by atoms with Crippen molar-refractivity contribution < 1.29 is 24.4 Å². The van der Waals surface area contributed by atoms with Crippen molar-refractivity contribution in [3.63, 3.8) is 0 Å². The molecule has 1 N–H and O–H groups in total. The van der Waals surface area contributed by atoms with Gasteiger partial charge in [0.25, 0.3) is 0 Å². The number of nitro benzene ring substituents is 1. The number of hydrogen-bond acceptors (Lipinski definition) is 5. The minimum Gasteiger partial charge on any atom is -0.479 e. The first-order chi connectivity index (χ1) is 8.86. The number of hydrogen-bond donors (Lipinski definition) is 1. The highest BCUT2D eigenvalue weighted by Gasteiger charge is 2.23. The number of carbonyl (C=O) groups is 2. The first-order valence-corrected chi connectivity index (χ1v) is 5.55. The van der Waals surface area contributed by atoms with Crippen LogP contribution in [0.2, 0.25) is 0 Å². The predicted molar refractivity (Wildman–Crippen MR) is 65.4 cm³/mol. The Morgan fingerprint density at radius 1 is 1.47 bits per heavy atom. The number of ketones is 1. The Labute approximate surface area is 109 Å². The van der Waals surface area contributed by atoms with E-state index in [1.54, 1.807) is 6.92 Å². The Kier molecular flexibility index (Phi) is 4.57. The zero-order valence-electron chi connectivity index (χ0n) is 10.5. The number of aliphatic carboxylic acids is 1. The van der Waals surface area contributed by atoms with E-state index in [4.69, 9.17) is 9.84 Å². The quantitative estimate of drug-likeness (QED) is 0.480. The smallest absolute Gasteiger partial charge is 0.344 e. The van der Waals surface area contributed by atoms with Crippen LogP contribution in [-0.2, 0) is 4.79 Å². The predicted octanol–water partition coefficient (Wildman–Crippen LogP) is 2.04. The summed E-state index contributed by atoms with van der Waals surface area (Å²) in [5, 5.41) is 19.8. The fraction of sp³-hybridized carbons (Fsp3) is 0.333. The van der Waals surface area contributed by atoms with Crippen molar-refractivity contribution in [1.29, 1.82) is 0 Å². The van der Waals surface area contributed by atoms with E-state index in [-0.39, 0.29) is 23.5 Å². The Morgan fingerprint density at radius 2 is 2.11 bits per heavy atom. The van der Waals surface area contributed by atoms with Crippen LogP contribution in [0.25, 0.3) is 0 Å². The van der Waals surface area contributed by atoms with E-state index in [9.17, 15) is 19.7 Å². The third kappa shape index (κ3) is 3.51. The SMILES string of the molecule is CCC(Oc1ccc(C(C)=O)cc1[N+](=O)[O-])C(=O)O. The number of ether oxygens (including phenoxy) is 1. The van der Waals surface area contributed by atoms with Crippen molar-refractivity contribution in [2.24, 2.45) is 0 Å². The second kappa shape index (κ2) is 5.94. The van der Waals surface area contributed by atoms with E-state index >= 15 is 0 Å². The van der Waals surface area contributed by atoms with E-state index in [0.717, 1.165) is 6.07 Å². The maximum absolute atomic E-state index is 11.2. The van der Waals surface area contributed by atoms with E-state index in [2.05, 4.69) is 0 Å². The van der Waals surface area contributed by atoms with Crippen molar-refractivity contribution >= 4 is 17.4 Å². The number of Topliss-reactive ketones (excluding diaryl/α,β-unsaturated/α-hetero) is 1. The van der Waals surface area contributed by atoms with Gasteiger partial charge in [-0.3, -0.25) is 14.9 Å². The van der Waals surface area contributed by atoms with Gasteiger partial charge in [0.15, 0.2) is 17.6 Å². The molecule has 7 nitrogen and oxygen atoms in total. The average Bonchev–Trinajstić information content (AvgIpc) is 2.35. The molecule has 102 valence electrons. The van der Waals surface area contributed by atoms with E-state index in [0.29, 0.717) is 0 Å². The van der Waals surface area contributed by atoms with Crippen molar-refractivity contribution in [2.45, 2.75) is 26.4 Å². The Balaban J connectivity index is 3.16. The molecule has 0 saturated carbocycles. The molecule has 0 fully saturated rings. The third-order valence-electron chi connectivity index (χ3n) is 2.48. The van der Waals surface area contributed by atoms with Crippen LogP contribution in [0.4, 0.5) is 5.69 Å². The van der Waals surface area contributed by atoms with Crippen LogP contribution < -0.4 is 4.74 Å². The van der Waals surface area contributed by atoms with Gasteiger partial charge in [-0.25, -0.2) is 4.79 Å². The molecule has 0 bridgehead atoms. The first-order valence-electron chi connectivity index (χ1n) is 5.55. The van der Waals surface area contributed by atoms with Crippen molar-refractivity contribution in [3.8, 4) is 5.75 Å². The van der Waals surface area contributed by atoms with Crippen LogP contribution in [0, 0.1) is 10.1 Å². The molecule has 0 amide bonds. The summed E-state index contributed by atoms with van der Waals surface area (Å²) >= 11 is 0. The van der Waals surface area contributed by atoms with Crippen LogP contribution in [0.1, 0.15) is 30.6 Å². The summed E-state index contributed by atoms with van der Waals surface area (Å²) in [6, 6.07) is 3.67. The lowest BCUT2D eigenvalue weighted by molar-refractivity contribution is -0.386. The highest BCUT2D eigenvalue weighted by molar-refractivity contribution is 5.95. The molecule has 0 aliphatic carbocycles. The number of benzene rings is 1. The van der Waals surface area contributed by atoms with Crippen LogP contribution in [-0.4, -0.2) is 27.9 Å². The van der Waals surface area contributed by atoms with Crippen molar-refractivity contribution in [3.05, 3.63) is 33.9 Å². The minimum atomic E-state index is -1.20. The van der Waals surface area contributed by atoms with Gasteiger partial charge in [-0.15, -0.1) is 0 Å². The van der Waals surface area contributed by atoms with Crippen LogP contribution >= 0.6 is 0 Å². The van der Waals surface area contributed by atoms with Gasteiger partial charge in [-0.1, -0.05) is 6.92 Å². The molecule has 1 aromatic carbocycles. The average molecular weight is 267 g/mol. The molecule has 0 spiro atoms. The molecule has 1 aromatic rings. The van der Waals surface area contributed by atoms with Crippen LogP contribution in [0.5, 0.6) is 5.75 Å². The summed E-state index contributed by atoms with van der Waals surface area (Å²) in [5.41, 5.74) is -0.255. The topological polar surface area (TPSA) is 107 Å².